The molecule has 0 aromatic carbocycles. The van der Waals surface area contributed by atoms with Crippen molar-refractivity contribution in [3.8, 4) is 0 Å². The molecule has 1 saturated carbocycles. The monoisotopic (exact) mass is 182 g/mol. The van der Waals surface area contributed by atoms with Crippen LogP contribution in [0.5, 0.6) is 0 Å². The topological polar surface area (TPSA) is 54.4 Å². The highest BCUT2D eigenvalue weighted by Crippen LogP contribution is 2.38. The van der Waals surface area contributed by atoms with E-state index in [-0.39, 0.29) is 5.41 Å². The van der Waals surface area contributed by atoms with Crippen LogP contribution in [0.15, 0.2) is 12.2 Å². The summed E-state index contributed by atoms with van der Waals surface area (Å²) in [6, 6.07) is 0. The van der Waals surface area contributed by atoms with E-state index < -0.39 is 11.8 Å². The summed E-state index contributed by atoms with van der Waals surface area (Å²) in [6.45, 7) is 2.06. The Labute approximate surface area is 77.4 Å². The van der Waals surface area contributed by atoms with E-state index in [0.717, 1.165) is 12.8 Å². The molecule has 0 heterocycles. The van der Waals surface area contributed by atoms with Gasteiger partial charge in [-0.3, -0.25) is 4.79 Å². The third kappa shape index (κ3) is 2.68. The van der Waals surface area contributed by atoms with Crippen molar-refractivity contribution in [2.75, 3.05) is 0 Å². The van der Waals surface area contributed by atoms with Gasteiger partial charge in [-0.25, -0.2) is 4.79 Å². The average molecular weight is 182 g/mol. The highest BCUT2D eigenvalue weighted by molar-refractivity contribution is 6.37. The predicted molar refractivity (Wildman–Crippen MR) is 48.4 cm³/mol. The molecular weight excluding hydrogens is 168 g/mol. The van der Waals surface area contributed by atoms with Gasteiger partial charge < -0.3 is 5.11 Å². The maximum atomic E-state index is 10.8. The van der Waals surface area contributed by atoms with Gasteiger partial charge in [0.25, 0.3) is 5.78 Å². The van der Waals surface area contributed by atoms with Gasteiger partial charge in [-0.05, 0) is 24.3 Å². The summed E-state index contributed by atoms with van der Waals surface area (Å²) in [6.07, 6.45) is 7.38. The Kier molecular flexibility index (Phi) is 2.86. The van der Waals surface area contributed by atoms with E-state index in [9.17, 15) is 9.59 Å². The molecule has 0 amide bonds. The first-order valence-electron chi connectivity index (χ1n) is 4.50. The number of rotatable bonds is 3. The lowest BCUT2D eigenvalue weighted by Crippen LogP contribution is -2.12. The van der Waals surface area contributed by atoms with Gasteiger partial charge in [0.05, 0.1) is 0 Å². The highest BCUT2D eigenvalue weighted by atomic mass is 16.4. The summed E-state index contributed by atoms with van der Waals surface area (Å²) in [5.74, 6) is -2.20. The molecule has 1 N–H and O–H groups in total. The van der Waals surface area contributed by atoms with E-state index in [1.54, 1.807) is 6.08 Å². The molecule has 0 aromatic heterocycles. The van der Waals surface area contributed by atoms with Gasteiger partial charge in [-0.2, -0.15) is 0 Å². The Balaban J connectivity index is 2.56. The van der Waals surface area contributed by atoms with Crippen LogP contribution >= 0.6 is 0 Å². The van der Waals surface area contributed by atoms with Crippen LogP contribution < -0.4 is 0 Å². The van der Waals surface area contributed by atoms with Gasteiger partial charge in [0.15, 0.2) is 0 Å². The molecule has 0 aliphatic heterocycles. The van der Waals surface area contributed by atoms with Crippen LogP contribution in [0.3, 0.4) is 0 Å². The molecule has 13 heavy (non-hydrogen) atoms. The van der Waals surface area contributed by atoms with Gasteiger partial charge in [0.1, 0.15) is 0 Å². The Morgan fingerprint density at radius 3 is 2.31 bits per heavy atom. The number of aliphatic carboxylic acids is 1. The van der Waals surface area contributed by atoms with E-state index >= 15 is 0 Å². The van der Waals surface area contributed by atoms with E-state index in [1.807, 2.05) is 0 Å². The summed E-state index contributed by atoms with van der Waals surface area (Å²) in [5, 5.41) is 8.34. The fraction of sp³-hybridized carbons (Fsp3) is 0.600. The lowest BCUT2D eigenvalue weighted by Gasteiger charge is -2.16. The Morgan fingerprint density at radius 2 is 1.85 bits per heavy atom. The van der Waals surface area contributed by atoms with Gasteiger partial charge in [0, 0.05) is 0 Å². The second-order valence-corrected chi connectivity index (χ2v) is 3.86. The van der Waals surface area contributed by atoms with Crippen molar-refractivity contribution in [1.82, 2.24) is 0 Å². The average Bonchev–Trinajstić information content (AvgIpc) is 2.48. The lowest BCUT2D eigenvalue weighted by atomic mass is 9.88. The molecule has 0 unspecified atom stereocenters. The van der Waals surface area contributed by atoms with Gasteiger partial charge in [-0.1, -0.05) is 25.8 Å². The maximum Gasteiger partial charge on any atom is 0.376 e. The fourth-order valence-electron chi connectivity index (χ4n) is 1.70. The summed E-state index contributed by atoms with van der Waals surface area (Å²) in [4.78, 5) is 21.0. The predicted octanol–water partition coefficient (Wildman–Crippen LogP) is 1.78. The SMILES string of the molecule is CC1(/C=C/C(=O)C(=O)O)CCCC1. The summed E-state index contributed by atoms with van der Waals surface area (Å²) >= 11 is 0. The van der Waals surface area contributed by atoms with Crippen molar-refractivity contribution in [3.63, 3.8) is 0 Å². The van der Waals surface area contributed by atoms with Crippen LogP contribution in [0.1, 0.15) is 32.6 Å². The second kappa shape index (κ2) is 3.73. The first-order chi connectivity index (χ1) is 6.03. The Bertz CT molecular complexity index is 247. The van der Waals surface area contributed by atoms with E-state index in [1.165, 1.54) is 18.9 Å². The minimum atomic E-state index is -1.38. The molecule has 1 fully saturated rings. The van der Waals surface area contributed by atoms with Gasteiger partial charge in [0.2, 0.25) is 0 Å². The molecule has 3 heteroatoms. The Morgan fingerprint density at radius 1 is 1.31 bits per heavy atom. The van der Waals surface area contributed by atoms with Crippen LogP contribution in [0.4, 0.5) is 0 Å². The molecule has 3 nitrogen and oxygen atoms in total. The van der Waals surface area contributed by atoms with Crippen molar-refractivity contribution in [3.05, 3.63) is 12.2 Å². The van der Waals surface area contributed by atoms with Gasteiger partial charge in [-0.15, -0.1) is 0 Å². The van der Waals surface area contributed by atoms with E-state index in [0.29, 0.717) is 0 Å². The molecule has 0 bridgehead atoms. The standard InChI is InChI=1S/C10H14O3/c1-10(5-2-3-6-10)7-4-8(11)9(12)13/h4,7H,2-3,5-6H2,1H3,(H,12,13)/b7-4+. The van der Waals surface area contributed by atoms with Crippen LogP contribution in [-0.2, 0) is 9.59 Å². The molecular formula is C10H14O3. The smallest absolute Gasteiger partial charge is 0.376 e. The number of ketones is 1. The minimum absolute atomic E-state index is 0.0467. The van der Waals surface area contributed by atoms with Crippen molar-refractivity contribution in [1.29, 1.82) is 0 Å². The van der Waals surface area contributed by atoms with Crippen molar-refractivity contribution in [2.24, 2.45) is 5.41 Å². The fourth-order valence-corrected chi connectivity index (χ4v) is 1.70. The third-order valence-electron chi connectivity index (χ3n) is 2.59. The molecule has 0 radical (unpaired) electrons. The molecule has 0 atom stereocenters. The molecule has 0 spiro atoms. The van der Waals surface area contributed by atoms with Crippen molar-refractivity contribution >= 4 is 11.8 Å². The van der Waals surface area contributed by atoms with E-state index in [4.69, 9.17) is 5.11 Å². The summed E-state index contributed by atoms with van der Waals surface area (Å²) in [5.41, 5.74) is 0.0467. The molecule has 1 aliphatic rings. The molecule has 1 rings (SSSR count). The number of carbonyl (C=O) groups excluding carboxylic acids is 1. The second-order valence-electron chi connectivity index (χ2n) is 3.86. The van der Waals surface area contributed by atoms with Crippen molar-refractivity contribution < 1.29 is 14.7 Å². The summed E-state index contributed by atoms with van der Waals surface area (Å²) < 4.78 is 0. The Hall–Kier alpha value is -1.12. The van der Waals surface area contributed by atoms with Crippen LogP contribution in [0, 0.1) is 5.41 Å². The number of hydrogen-bond donors (Lipinski definition) is 1. The first kappa shape index (κ1) is 9.96. The maximum absolute atomic E-state index is 10.8. The molecule has 72 valence electrons. The lowest BCUT2D eigenvalue weighted by molar-refractivity contribution is -0.146. The number of carboxylic acids is 1. The third-order valence-corrected chi connectivity index (χ3v) is 2.59. The number of allylic oxidation sites excluding steroid dienone is 1. The highest BCUT2D eigenvalue weighted by Gasteiger charge is 2.25. The normalized spacial score (nSPS) is 20.7. The molecule has 1 aliphatic carbocycles. The zero-order chi connectivity index (χ0) is 9.90. The van der Waals surface area contributed by atoms with Crippen LogP contribution in [0.2, 0.25) is 0 Å². The zero-order valence-electron chi connectivity index (χ0n) is 7.75. The minimum Gasteiger partial charge on any atom is -0.475 e. The number of carbonyl (C=O) groups is 2. The molecule has 0 aromatic rings. The quantitative estimate of drug-likeness (QED) is 0.534. The largest absolute Gasteiger partial charge is 0.475 e. The van der Waals surface area contributed by atoms with E-state index in [2.05, 4.69) is 6.92 Å². The van der Waals surface area contributed by atoms with Crippen molar-refractivity contribution in [2.45, 2.75) is 32.6 Å². The number of carboxylic acid groups (broad SMARTS) is 1. The number of hydrogen-bond acceptors (Lipinski definition) is 2. The van der Waals surface area contributed by atoms with Crippen LogP contribution in [-0.4, -0.2) is 16.9 Å². The zero-order valence-corrected chi connectivity index (χ0v) is 7.75. The van der Waals surface area contributed by atoms with Crippen LogP contribution in [0.25, 0.3) is 0 Å². The summed E-state index contributed by atoms with van der Waals surface area (Å²) in [7, 11) is 0. The van der Waals surface area contributed by atoms with Gasteiger partial charge >= 0.3 is 5.97 Å². The molecule has 0 saturated heterocycles. The first-order valence-corrected chi connectivity index (χ1v) is 4.50.